The van der Waals surface area contributed by atoms with E-state index in [2.05, 4.69) is 23.4 Å². The van der Waals surface area contributed by atoms with E-state index in [1.807, 2.05) is 78.7 Å². The maximum absolute atomic E-state index is 13.1. The van der Waals surface area contributed by atoms with Crippen molar-refractivity contribution in [2.45, 2.75) is 18.4 Å². The number of hydrogen-bond acceptors (Lipinski definition) is 3. The van der Waals surface area contributed by atoms with Gasteiger partial charge in [-0.3, -0.25) is 0 Å². The fourth-order valence-electron chi connectivity index (χ4n) is 5.77. The van der Waals surface area contributed by atoms with E-state index >= 15 is 0 Å². The molecule has 0 fully saturated rings. The van der Waals surface area contributed by atoms with Crippen LogP contribution in [0, 0.1) is 17.8 Å². The molecule has 0 saturated heterocycles. The quantitative estimate of drug-likeness (QED) is 0.393. The van der Waals surface area contributed by atoms with Crippen molar-refractivity contribution in [3.05, 3.63) is 59.7 Å². The van der Waals surface area contributed by atoms with Gasteiger partial charge in [-0.25, -0.2) is 9.59 Å². The molecular formula is C29H39N3O4+2. The Morgan fingerprint density at radius 3 is 1.86 bits per heavy atom. The molecule has 0 spiro atoms. The molecule has 0 bridgehead atoms. The van der Waals surface area contributed by atoms with Gasteiger partial charge in [-0.2, -0.15) is 0 Å². The van der Waals surface area contributed by atoms with Crippen molar-refractivity contribution in [1.29, 1.82) is 0 Å². The highest BCUT2D eigenvalue weighted by Crippen LogP contribution is 2.44. The first-order chi connectivity index (χ1) is 16.8. The fourth-order valence-corrected chi connectivity index (χ4v) is 5.77. The predicted octanol–water partition coefficient (Wildman–Crippen LogP) is 3.40. The molecule has 3 rings (SSSR count). The minimum atomic E-state index is -1.21. The molecule has 1 aliphatic rings. The minimum absolute atomic E-state index is 0.110. The van der Waals surface area contributed by atoms with Gasteiger partial charge < -0.3 is 24.1 Å². The van der Waals surface area contributed by atoms with E-state index in [1.54, 1.807) is 0 Å². The fraction of sp³-hybridized carbons (Fsp3) is 0.448. The molecular weight excluding hydrogens is 454 g/mol. The van der Waals surface area contributed by atoms with E-state index in [0.717, 1.165) is 22.3 Å². The standard InChI is InChI=1S/C29H37N3O4/c1-8-17-29(19-31(2,3)4,20-32(5,6)7)26(27(33)34)30-28(35)36-18-25-23-15-11-9-13-21(23)22-14-10-12-16-24(22)25/h1,9-16,25-26H,17-20H2,2-7H3/p+2/t26-/m1/s1. The number of ether oxygens (including phenoxy) is 1. The lowest BCUT2D eigenvalue weighted by atomic mass is 9.75. The van der Waals surface area contributed by atoms with E-state index in [4.69, 9.17) is 11.2 Å². The van der Waals surface area contributed by atoms with Crippen LogP contribution in [0.1, 0.15) is 23.5 Å². The Bertz CT molecular complexity index is 1090. The first-order valence-electron chi connectivity index (χ1n) is 12.1. The zero-order chi connectivity index (χ0) is 26.7. The third kappa shape index (κ3) is 6.26. The highest BCUT2D eigenvalue weighted by atomic mass is 16.5. The SMILES string of the molecule is C#CCC(C[N+](C)(C)C)(C[N+](C)(C)C)[C@H](NC(=O)OCC1c2ccccc2-c2ccccc21)C(=O)O. The molecule has 36 heavy (non-hydrogen) atoms. The van der Waals surface area contributed by atoms with Crippen LogP contribution in [0.25, 0.3) is 11.1 Å². The van der Waals surface area contributed by atoms with Gasteiger partial charge in [-0.15, -0.1) is 12.3 Å². The number of rotatable bonds is 10. The van der Waals surface area contributed by atoms with Gasteiger partial charge >= 0.3 is 12.1 Å². The number of alkyl carbamates (subject to hydrolysis) is 1. The third-order valence-corrected chi connectivity index (χ3v) is 6.50. The van der Waals surface area contributed by atoms with Crippen molar-refractivity contribution in [2.75, 3.05) is 62.0 Å². The average molecular weight is 494 g/mol. The highest BCUT2D eigenvalue weighted by molar-refractivity contribution is 5.82. The second kappa shape index (κ2) is 10.3. The molecule has 0 unspecified atom stereocenters. The lowest BCUT2D eigenvalue weighted by Gasteiger charge is -2.44. The molecule has 0 aliphatic heterocycles. The summed E-state index contributed by atoms with van der Waals surface area (Å²) < 4.78 is 6.67. The summed E-state index contributed by atoms with van der Waals surface area (Å²) in [6.07, 6.45) is 5.20. The van der Waals surface area contributed by atoms with Gasteiger partial charge in [0.25, 0.3) is 0 Å². The van der Waals surface area contributed by atoms with Crippen molar-refractivity contribution in [1.82, 2.24) is 5.32 Å². The Kier molecular flexibility index (Phi) is 7.82. The van der Waals surface area contributed by atoms with Crippen LogP contribution in [0.2, 0.25) is 0 Å². The summed E-state index contributed by atoms with van der Waals surface area (Å²) in [5.74, 6) is 1.45. The molecule has 1 amide bonds. The zero-order valence-electron chi connectivity index (χ0n) is 22.2. The van der Waals surface area contributed by atoms with Gasteiger partial charge in [-0.05, 0) is 22.3 Å². The molecule has 0 radical (unpaired) electrons. The normalized spacial score (nSPS) is 14.4. The number of carbonyl (C=O) groups is 2. The van der Waals surface area contributed by atoms with Crippen LogP contribution in [0.4, 0.5) is 4.79 Å². The van der Waals surface area contributed by atoms with E-state index < -0.39 is 23.5 Å². The van der Waals surface area contributed by atoms with Crippen LogP contribution in [0.15, 0.2) is 48.5 Å². The van der Waals surface area contributed by atoms with Gasteiger partial charge in [0.05, 0.1) is 55.4 Å². The van der Waals surface area contributed by atoms with Gasteiger partial charge in [-0.1, -0.05) is 48.5 Å². The van der Waals surface area contributed by atoms with Crippen molar-refractivity contribution in [2.24, 2.45) is 5.41 Å². The van der Waals surface area contributed by atoms with E-state index in [9.17, 15) is 14.7 Å². The Labute approximate surface area is 214 Å². The summed E-state index contributed by atoms with van der Waals surface area (Å²) >= 11 is 0. The number of carboxylic acids is 1. The van der Waals surface area contributed by atoms with Gasteiger partial charge in [0, 0.05) is 12.3 Å². The van der Waals surface area contributed by atoms with Crippen LogP contribution in [0.5, 0.6) is 0 Å². The average Bonchev–Trinajstić information content (AvgIpc) is 3.07. The van der Waals surface area contributed by atoms with Crippen LogP contribution in [0.3, 0.4) is 0 Å². The summed E-state index contributed by atoms with van der Waals surface area (Å²) in [4.78, 5) is 25.6. The van der Waals surface area contributed by atoms with E-state index in [1.165, 1.54) is 0 Å². The molecule has 2 aromatic rings. The molecule has 1 atom stereocenters. The number of hydrogen-bond donors (Lipinski definition) is 2. The molecule has 0 saturated carbocycles. The van der Waals surface area contributed by atoms with Crippen molar-refractivity contribution >= 4 is 12.1 Å². The Hall–Kier alpha value is -3.34. The number of nitrogens with one attached hydrogen (secondary N) is 1. The highest BCUT2D eigenvalue weighted by Gasteiger charge is 2.51. The molecule has 0 aromatic heterocycles. The summed E-state index contributed by atoms with van der Waals surface area (Å²) in [6, 6.07) is 15.0. The molecule has 2 N–H and O–H groups in total. The molecule has 7 nitrogen and oxygen atoms in total. The number of fused-ring (bicyclic) bond motifs is 3. The first-order valence-corrected chi connectivity index (χ1v) is 12.1. The third-order valence-electron chi connectivity index (χ3n) is 6.50. The Balaban J connectivity index is 1.85. The number of aliphatic carboxylic acids is 1. The summed E-state index contributed by atoms with van der Waals surface area (Å²) in [7, 11) is 12.0. The van der Waals surface area contributed by atoms with Crippen molar-refractivity contribution in [3.63, 3.8) is 0 Å². The zero-order valence-corrected chi connectivity index (χ0v) is 22.2. The van der Waals surface area contributed by atoms with Crippen molar-refractivity contribution < 1.29 is 28.4 Å². The van der Waals surface area contributed by atoms with Crippen LogP contribution in [-0.4, -0.2) is 94.2 Å². The molecule has 0 heterocycles. The number of carbonyl (C=O) groups excluding carboxylic acids is 1. The van der Waals surface area contributed by atoms with Gasteiger partial charge in [0.15, 0.2) is 0 Å². The lowest BCUT2D eigenvalue weighted by Crippen LogP contribution is -2.64. The van der Waals surface area contributed by atoms with Crippen LogP contribution in [-0.2, 0) is 9.53 Å². The van der Waals surface area contributed by atoms with Crippen LogP contribution >= 0.6 is 0 Å². The topological polar surface area (TPSA) is 75.6 Å². The smallest absolute Gasteiger partial charge is 0.407 e. The number of nitrogens with zero attached hydrogens (tertiary/aromatic N) is 2. The van der Waals surface area contributed by atoms with E-state index in [-0.39, 0.29) is 18.9 Å². The van der Waals surface area contributed by atoms with Gasteiger partial charge in [0.2, 0.25) is 0 Å². The maximum atomic E-state index is 13.1. The monoisotopic (exact) mass is 493 g/mol. The largest absolute Gasteiger partial charge is 0.480 e. The summed E-state index contributed by atoms with van der Waals surface area (Å²) in [5.41, 5.74) is 3.56. The predicted molar refractivity (Wildman–Crippen MR) is 141 cm³/mol. The Morgan fingerprint density at radius 2 is 1.44 bits per heavy atom. The number of quaternary nitrogens is 2. The van der Waals surface area contributed by atoms with Crippen molar-refractivity contribution in [3.8, 4) is 23.5 Å². The number of benzene rings is 2. The molecule has 192 valence electrons. The maximum Gasteiger partial charge on any atom is 0.407 e. The first kappa shape index (κ1) is 27.3. The second-order valence-corrected chi connectivity index (χ2v) is 11.9. The molecule has 2 aromatic carbocycles. The Morgan fingerprint density at radius 1 is 0.972 bits per heavy atom. The molecule has 1 aliphatic carbocycles. The summed E-state index contributed by atoms with van der Waals surface area (Å²) in [5, 5.41) is 12.9. The molecule has 7 heteroatoms. The second-order valence-electron chi connectivity index (χ2n) is 11.9. The minimum Gasteiger partial charge on any atom is -0.480 e. The number of terminal acetylenes is 1. The summed E-state index contributed by atoms with van der Waals surface area (Å²) in [6.45, 7) is 1.04. The van der Waals surface area contributed by atoms with Gasteiger partial charge in [0.1, 0.15) is 18.1 Å². The number of amides is 1. The number of carboxylic acid groups (broad SMARTS) is 1. The van der Waals surface area contributed by atoms with E-state index in [0.29, 0.717) is 22.1 Å². The van der Waals surface area contributed by atoms with Crippen LogP contribution < -0.4 is 5.32 Å². The lowest BCUT2D eigenvalue weighted by molar-refractivity contribution is -0.902.